The smallest absolute Gasteiger partial charge is 0.0573 e. The van der Waals surface area contributed by atoms with Crippen molar-refractivity contribution in [3.63, 3.8) is 0 Å². The Morgan fingerprint density at radius 2 is 1.81 bits per heavy atom. The molecule has 1 aliphatic rings. The summed E-state index contributed by atoms with van der Waals surface area (Å²) < 4.78 is 0. The fourth-order valence-electron chi connectivity index (χ4n) is 2.48. The molecule has 1 unspecified atom stereocenters. The van der Waals surface area contributed by atoms with E-state index in [0.29, 0.717) is 5.92 Å². The van der Waals surface area contributed by atoms with Crippen molar-refractivity contribution in [2.45, 2.75) is 44.6 Å². The van der Waals surface area contributed by atoms with Gasteiger partial charge in [-0.25, -0.2) is 0 Å². The first-order chi connectivity index (χ1) is 7.38. The molecule has 90 valence electrons. The topological polar surface area (TPSA) is 38.9 Å². The summed E-state index contributed by atoms with van der Waals surface area (Å²) in [7, 11) is 0. The molecule has 1 atom stereocenters. The molecular formula is C13H21ClN2. The van der Waals surface area contributed by atoms with Crippen molar-refractivity contribution in [3.8, 4) is 0 Å². The van der Waals surface area contributed by atoms with Crippen molar-refractivity contribution in [3.05, 3.63) is 30.1 Å². The Morgan fingerprint density at radius 1 is 1.12 bits per heavy atom. The number of nitrogens with two attached hydrogens (primary N) is 1. The lowest BCUT2D eigenvalue weighted by molar-refractivity contribution is 0.377. The third-order valence-corrected chi connectivity index (χ3v) is 3.44. The first-order valence-corrected chi connectivity index (χ1v) is 6.04. The minimum atomic E-state index is 0. The summed E-state index contributed by atoms with van der Waals surface area (Å²) in [6.07, 6.45) is 9.83. The van der Waals surface area contributed by atoms with E-state index in [1.54, 1.807) is 0 Å². The lowest BCUT2D eigenvalue weighted by atomic mass is 9.90. The molecule has 1 aromatic rings. The summed E-state index contributed by atoms with van der Waals surface area (Å²) >= 11 is 0. The Hall–Kier alpha value is -0.600. The molecular weight excluding hydrogens is 220 g/mol. The van der Waals surface area contributed by atoms with Gasteiger partial charge in [-0.1, -0.05) is 31.7 Å². The van der Waals surface area contributed by atoms with E-state index in [2.05, 4.69) is 11.1 Å². The van der Waals surface area contributed by atoms with E-state index in [4.69, 9.17) is 5.73 Å². The largest absolute Gasteiger partial charge is 0.322 e. The van der Waals surface area contributed by atoms with Gasteiger partial charge in [0.25, 0.3) is 0 Å². The lowest BCUT2D eigenvalue weighted by Gasteiger charge is -2.21. The van der Waals surface area contributed by atoms with Crippen molar-refractivity contribution in [1.82, 2.24) is 4.98 Å². The van der Waals surface area contributed by atoms with Crippen LogP contribution in [0.4, 0.5) is 0 Å². The summed E-state index contributed by atoms with van der Waals surface area (Å²) in [6.45, 7) is 0. The first-order valence-electron chi connectivity index (χ1n) is 6.04. The van der Waals surface area contributed by atoms with Crippen LogP contribution in [-0.4, -0.2) is 4.98 Å². The molecule has 1 saturated carbocycles. The number of rotatable bonds is 2. The molecule has 0 amide bonds. The molecule has 0 bridgehead atoms. The van der Waals surface area contributed by atoms with Gasteiger partial charge in [-0.15, -0.1) is 12.4 Å². The van der Waals surface area contributed by atoms with Gasteiger partial charge in [0.1, 0.15) is 0 Å². The number of halogens is 1. The van der Waals surface area contributed by atoms with Crippen molar-refractivity contribution < 1.29 is 0 Å². The molecule has 3 heteroatoms. The van der Waals surface area contributed by atoms with E-state index in [0.717, 1.165) is 5.69 Å². The summed E-state index contributed by atoms with van der Waals surface area (Å²) in [5.41, 5.74) is 7.34. The number of nitrogens with zero attached hydrogens (tertiary/aromatic N) is 1. The van der Waals surface area contributed by atoms with E-state index >= 15 is 0 Å². The van der Waals surface area contributed by atoms with Gasteiger partial charge in [0.2, 0.25) is 0 Å². The summed E-state index contributed by atoms with van der Waals surface area (Å²) in [5.74, 6) is 0.641. The zero-order valence-electron chi connectivity index (χ0n) is 9.64. The van der Waals surface area contributed by atoms with E-state index in [9.17, 15) is 0 Å². The number of hydrogen-bond donors (Lipinski definition) is 1. The van der Waals surface area contributed by atoms with E-state index in [-0.39, 0.29) is 18.4 Å². The van der Waals surface area contributed by atoms with Crippen molar-refractivity contribution in [1.29, 1.82) is 0 Å². The minimum absolute atomic E-state index is 0. The van der Waals surface area contributed by atoms with E-state index < -0.39 is 0 Å². The van der Waals surface area contributed by atoms with Crippen LogP contribution in [0.3, 0.4) is 0 Å². The normalized spacial score (nSPS) is 19.6. The molecule has 16 heavy (non-hydrogen) atoms. The molecule has 0 saturated heterocycles. The SMILES string of the molecule is Cl.NC(c1ccccn1)C1CCCCCC1. The maximum atomic E-state index is 6.28. The second-order valence-electron chi connectivity index (χ2n) is 4.53. The maximum Gasteiger partial charge on any atom is 0.0573 e. The summed E-state index contributed by atoms with van der Waals surface area (Å²) in [5, 5.41) is 0. The third kappa shape index (κ3) is 3.46. The van der Waals surface area contributed by atoms with Crippen LogP contribution >= 0.6 is 12.4 Å². The number of hydrogen-bond acceptors (Lipinski definition) is 2. The van der Waals surface area contributed by atoms with Gasteiger partial charge in [-0.3, -0.25) is 4.98 Å². The van der Waals surface area contributed by atoms with Crippen LogP contribution in [0.2, 0.25) is 0 Å². The van der Waals surface area contributed by atoms with Crippen LogP contribution < -0.4 is 5.73 Å². The predicted molar refractivity (Wildman–Crippen MR) is 69.6 cm³/mol. The van der Waals surface area contributed by atoms with Gasteiger partial charge >= 0.3 is 0 Å². The number of aromatic nitrogens is 1. The highest BCUT2D eigenvalue weighted by molar-refractivity contribution is 5.85. The molecule has 0 aliphatic heterocycles. The van der Waals surface area contributed by atoms with Gasteiger partial charge in [0.05, 0.1) is 5.69 Å². The standard InChI is InChI=1S/C13H20N2.ClH/c14-13(12-9-5-6-10-15-12)11-7-3-1-2-4-8-11;/h5-6,9-11,13H,1-4,7-8,14H2;1H. The van der Waals surface area contributed by atoms with Crippen molar-refractivity contribution in [2.75, 3.05) is 0 Å². The van der Waals surface area contributed by atoms with Crippen LogP contribution in [0.25, 0.3) is 0 Å². The van der Waals surface area contributed by atoms with Gasteiger partial charge in [0.15, 0.2) is 0 Å². The van der Waals surface area contributed by atoms with Crippen LogP contribution in [0.1, 0.15) is 50.3 Å². The van der Waals surface area contributed by atoms with Crippen LogP contribution in [-0.2, 0) is 0 Å². The minimum Gasteiger partial charge on any atom is -0.322 e. The van der Waals surface area contributed by atoms with Crippen molar-refractivity contribution >= 4 is 12.4 Å². The third-order valence-electron chi connectivity index (χ3n) is 3.44. The highest BCUT2D eigenvalue weighted by Crippen LogP contribution is 2.30. The molecule has 1 fully saturated rings. The van der Waals surface area contributed by atoms with Gasteiger partial charge in [-0.05, 0) is 30.9 Å². The average Bonchev–Trinajstić information content (AvgIpc) is 2.58. The molecule has 2 N–H and O–H groups in total. The van der Waals surface area contributed by atoms with Gasteiger partial charge in [-0.2, -0.15) is 0 Å². The monoisotopic (exact) mass is 240 g/mol. The van der Waals surface area contributed by atoms with Gasteiger partial charge < -0.3 is 5.73 Å². The predicted octanol–water partition coefficient (Wildman–Crippen LogP) is 3.47. The van der Waals surface area contributed by atoms with Crippen LogP contribution in [0.15, 0.2) is 24.4 Å². The quantitative estimate of drug-likeness (QED) is 0.804. The first kappa shape index (κ1) is 13.5. The zero-order chi connectivity index (χ0) is 10.5. The molecule has 0 aromatic carbocycles. The summed E-state index contributed by atoms with van der Waals surface area (Å²) in [6, 6.07) is 6.17. The Bertz CT molecular complexity index is 281. The zero-order valence-corrected chi connectivity index (χ0v) is 10.5. The average molecular weight is 241 g/mol. The maximum absolute atomic E-state index is 6.28. The molecule has 1 aromatic heterocycles. The van der Waals surface area contributed by atoms with Crippen LogP contribution in [0.5, 0.6) is 0 Å². The van der Waals surface area contributed by atoms with E-state index in [1.807, 2.05) is 18.3 Å². The fraction of sp³-hybridized carbons (Fsp3) is 0.615. The fourth-order valence-corrected chi connectivity index (χ4v) is 2.48. The second-order valence-corrected chi connectivity index (χ2v) is 4.53. The van der Waals surface area contributed by atoms with Gasteiger partial charge in [0, 0.05) is 12.2 Å². The molecule has 2 rings (SSSR count). The molecule has 1 heterocycles. The molecule has 1 aliphatic carbocycles. The Labute approximate surface area is 104 Å². The molecule has 0 spiro atoms. The Morgan fingerprint density at radius 3 is 2.38 bits per heavy atom. The van der Waals surface area contributed by atoms with Crippen LogP contribution in [0, 0.1) is 5.92 Å². The Balaban J connectivity index is 0.00000128. The van der Waals surface area contributed by atoms with Crippen molar-refractivity contribution in [2.24, 2.45) is 11.7 Å². The lowest BCUT2D eigenvalue weighted by Crippen LogP contribution is -2.22. The molecule has 2 nitrogen and oxygen atoms in total. The highest BCUT2D eigenvalue weighted by Gasteiger charge is 2.21. The molecule has 0 radical (unpaired) electrons. The Kier molecular flexibility index (Phi) is 5.78. The highest BCUT2D eigenvalue weighted by atomic mass is 35.5. The number of pyridine rings is 1. The van der Waals surface area contributed by atoms with E-state index in [1.165, 1.54) is 38.5 Å². The summed E-state index contributed by atoms with van der Waals surface area (Å²) in [4.78, 5) is 4.36. The second kappa shape index (κ2) is 6.87.